The molecule has 1 amide bonds. The van der Waals surface area contributed by atoms with E-state index in [0.717, 1.165) is 60.2 Å². The molecule has 0 spiro atoms. The fourth-order valence-electron chi connectivity index (χ4n) is 4.59. The molecule has 1 atom stereocenters. The third kappa shape index (κ3) is 5.85. The molecule has 1 N–H and O–H groups in total. The van der Waals surface area contributed by atoms with Gasteiger partial charge in [0.1, 0.15) is 0 Å². The van der Waals surface area contributed by atoms with Crippen molar-refractivity contribution in [2.75, 3.05) is 38.5 Å². The zero-order valence-electron chi connectivity index (χ0n) is 21.4. The van der Waals surface area contributed by atoms with Crippen LogP contribution in [0.1, 0.15) is 18.1 Å². The van der Waals surface area contributed by atoms with Crippen LogP contribution >= 0.6 is 23.4 Å². The molecule has 5 rings (SSSR count). The first-order valence-corrected chi connectivity index (χ1v) is 13.8. The number of amides is 1. The first-order valence-electron chi connectivity index (χ1n) is 12.6. The van der Waals surface area contributed by atoms with E-state index < -0.39 is 0 Å². The van der Waals surface area contributed by atoms with Crippen molar-refractivity contribution in [3.05, 3.63) is 82.9 Å². The van der Waals surface area contributed by atoms with E-state index in [1.807, 2.05) is 50.2 Å². The average Bonchev–Trinajstić information content (AvgIpc) is 3.25. The van der Waals surface area contributed by atoms with Crippen molar-refractivity contribution in [3.63, 3.8) is 0 Å². The van der Waals surface area contributed by atoms with Gasteiger partial charge < -0.3 is 10.2 Å². The summed E-state index contributed by atoms with van der Waals surface area (Å²) in [4.78, 5) is 23.0. The number of carbonyl (C=O) groups excluding carboxylic acids is 1. The van der Waals surface area contributed by atoms with Crippen LogP contribution in [0.25, 0.3) is 16.7 Å². The van der Waals surface area contributed by atoms with Crippen LogP contribution < -0.4 is 5.32 Å². The Balaban J connectivity index is 1.44. The number of aryl methyl sites for hydroxylation is 1. The van der Waals surface area contributed by atoms with Crippen molar-refractivity contribution in [1.29, 1.82) is 0 Å². The van der Waals surface area contributed by atoms with Gasteiger partial charge in [-0.1, -0.05) is 59.8 Å². The molecule has 2 heterocycles. The number of aromatic nitrogens is 2. The Morgan fingerprint density at radius 1 is 1.05 bits per heavy atom. The fourth-order valence-corrected chi connectivity index (χ4v) is 5.81. The smallest absolute Gasteiger partial charge is 0.237 e. The molecule has 1 saturated heterocycles. The number of likely N-dealkylation sites (N-methyl/N-ethyl adjacent to an activating group) is 1. The number of anilines is 1. The van der Waals surface area contributed by atoms with Crippen molar-refractivity contribution in [1.82, 2.24) is 19.4 Å². The lowest BCUT2D eigenvalue weighted by atomic mass is 10.1. The van der Waals surface area contributed by atoms with Gasteiger partial charge in [0.15, 0.2) is 5.16 Å². The quantitative estimate of drug-likeness (QED) is 0.302. The monoisotopic (exact) mass is 533 g/mol. The Kier molecular flexibility index (Phi) is 7.86. The lowest BCUT2D eigenvalue weighted by Gasteiger charge is -2.32. The van der Waals surface area contributed by atoms with E-state index in [-0.39, 0.29) is 11.2 Å². The molecular weight excluding hydrogens is 502 g/mol. The van der Waals surface area contributed by atoms with Gasteiger partial charge >= 0.3 is 0 Å². The number of nitrogens with zero attached hydrogens (tertiary/aromatic N) is 4. The molecule has 0 aliphatic carbocycles. The van der Waals surface area contributed by atoms with Gasteiger partial charge in [-0.25, -0.2) is 4.98 Å². The standard InChI is InChI=1S/C29H32ClN5OS/c1-20-12-13-24(23(30)18-20)31-28(36)21(2)37-29-32-25-9-5-7-11-27(25)35(29)26-10-6-4-8-22(26)19-34-16-14-33(3)15-17-34/h4-13,18,21H,14-17,19H2,1-3H3,(H,31,36). The number of rotatable bonds is 7. The largest absolute Gasteiger partial charge is 0.324 e. The SMILES string of the molecule is Cc1ccc(NC(=O)C(C)Sc2nc3ccccc3n2-c2ccccc2CN2CCN(C)CC2)c(Cl)c1. The third-order valence-corrected chi connectivity index (χ3v) is 8.15. The highest BCUT2D eigenvalue weighted by atomic mass is 35.5. The maximum absolute atomic E-state index is 13.1. The van der Waals surface area contributed by atoms with E-state index in [1.165, 1.54) is 17.3 Å². The number of para-hydroxylation sites is 3. The highest BCUT2D eigenvalue weighted by Crippen LogP contribution is 2.33. The number of carbonyl (C=O) groups is 1. The Bertz CT molecular complexity index is 1410. The number of imidazole rings is 1. The zero-order valence-corrected chi connectivity index (χ0v) is 23.0. The molecular formula is C29H32ClN5OS. The summed E-state index contributed by atoms with van der Waals surface area (Å²) in [5.74, 6) is -0.111. The summed E-state index contributed by atoms with van der Waals surface area (Å²) in [5.41, 5.74) is 5.97. The van der Waals surface area contributed by atoms with Gasteiger partial charge in [0.05, 0.1) is 32.7 Å². The molecule has 1 fully saturated rings. The Morgan fingerprint density at radius 2 is 1.78 bits per heavy atom. The average molecular weight is 534 g/mol. The van der Waals surface area contributed by atoms with Crippen molar-refractivity contribution in [2.24, 2.45) is 0 Å². The summed E-state index contributed by atoms with van der Waals surface area (Å²) in [5, 5.41) is 3.94. The molecule has 0 radical (unpaired) electrons. The van der Waals surface area contributed by atoms with Crippen LogP contribution in [0.3, 0.4) is 0 Å². The second kappa shape index (κ2) is 11.3. The van der Waals surface area contributed by atoms with E-state index in [4.69, 9.17) is 16.6 Å². The minimum Gasteiger partial charge on any atom is -0.324 e. The number of hydrogen-bond donors (Lipinski definition) is 1. The Morgan fingerprint density at radius 3 is 2.57 bits per heavy atom. The summed E-state index contributed by atoms with van der Waals surface area (Å²) in [6.45, 7) is 9.02. The normalized spacial score (nSPS) is 15.7. The number of fused-ring (bicyclic) bond motifs is 1. The van der Waals surface area contributed by atoms with Crippen LogP contribution in [-0.4, -0.2) is 63.7 Å². The highest BCUT2D eigenvalue weighted by Gasteiger charge is 2.23. The zero-order chi connectivity index (χ0) is 25.9. The number of hydrogen-bond acceptors (Lipinski definition) is 5. The molecule has 3 aromatic carbocycles. The number of nitrogens with one attached hydrogen (secondary N) is 1. The summed E-state index contributed by atoms with van der Waals surface area (Å²) in [6, 6.07) is 22.3. The molecule has 0 saturated carbocycles. The summed E-state index contributed by atoms with van der Waals surface area (Å²) in [7, 11) is 2.18. The molecule has 1 aliphatic rings. The molecule has 192 valence electrons. The predicted molar refractivity (Wildman–Crippen MR) is 154 cm³/mol. The maximum Gasteiger partial charge on any atom is 0.237 e. The number of halogens is 1. The molecule has 37 heavy (non-hydrogen) atoms. The topological polar surface area (TPSA) is 53.4 Å². The first kappa shape index (κ1) is 25.8. The molecule has 8 heteroatoms. The van der Waals surface area contributed by atoms with Gasteiger partial charge in [-0.15, -0.1) is 0 Å². The van der Waals surface area contributed by atoms with Crippen LogP contribution in [0.2, 0.25) is 5.02 Å². The van der Waals surface area contributed by atoms with Crippen LogP contribution in [-0.2, 0) is 11.3 Å². The lowest BCUT2D eigenvalue weighted by Crippen LogP contribution is -2.44. The van der Waals surface area contributed by atoms with Crippen LogP contribution in [0.5, 0.6) is 0 Å². The minimum absolute atomic E-state index is 0.111. The molecule has 0 bridgehead atoms. The number of thioether (sulfide) groups is 1. The van der Waals surface area contributed by atoms with Gasteiger partial charge in [0.25, 0.3) is 0 Å². The first-order chi connectivity index (χ1) is 17.9. The van der Waals surface area contributed by atoms with Crippen molar-refractivity contribution >= 4 is 46.0 Å². The van der Waals surface area contributed by atoms with Gasteiger partial charge in [-0.2, -0.15) is 0 Å². The maximum atomic E-state index is 13.1. The minimum atomic E-state index is -0.377. The van der Waals surface area contributed by atoms with Crippen LogP contribution in [0.4, 0.5) is 5.69 Å². The summed E-state index contributed by atoms with van der Waals surface area (Å²) in [6.07, 6.45) is 0. The molecule has 6 nitrogen and oxygen atoms in total. The van der Waals surface area contributed by atoms with E-state index in [0.29, 0.717) is 10.7 Å². The van der Waals surface area contributed by atoms with Gasteiger partial charge in [-0.05, 0) is 62.4 Å². The summed E-state index contributed by atoms with van der Waals surface area (Å²) >= 11 is 7.82. The predicted octanol–water partition coefficient (Wildman–Crippen LogP) is 5.85. The van der Waals surface area contributed by atoms with Crippen molar-refractivity contribution in [2.45, 2.75) is 30.8 Å². The van der Waals surface area contributed by atoms with Crippen molar-refractivity contribution in [3.8, 4) is 5.69 Å². The van der Waals surface area contributed by atoms with Gasteiger partial charge in [0.2, 0.25) is 5.91 Å². The van der Waals surface area contributed by atoms with E-state index >= 15 is 0 Å². The van der Waals surface area contributed by atoms with Gasteiger partial charge in [-0.3, -0.25) is 14.3 Å². The molecule has 1 unspecified atom stereocenters. The second-order valence-electron chi connectivity index (χ2n) is 9.66. The summed E-state index contributed by atoms with van der Waals surface area (Å²) < 4.78 is 2.20. The fraction of sp³-hybridized carbons (Fsp3) is 0.310. The Hall–Kier alpha value is -2.84. The number of piperazine rings is 1. The molecule has 4 aromatic rings. The van der Waals surface area contributed by atoms with Crippen LogP contribution in [0.15, 0.2) is 71.9 Å². The van der Waals surface area contributed by atoms with Gasteiger partial charge in [0, 0.05) is 32.7 Å². The van der Waals surface area contributed by atoms with Crippen LogP contribution in [0, 0.1) is 6.92 Å². The lowest BCUT2D eigenvalue weighted by molar-refractivity contribution is -0.115. The van der Waals surface area contributed by atoms with E-state index in [2.05, 4.69) is 57.1 Å². The van der Waals surface area contributed by atoms with Crippen molar-refractivity contribution < 1.29 is 4.79 Å². The van der Waals surface area contributed by atoms with E-state index in [1.54, 1.807) is 0 Å². The van der Waals surface area contributed by atoms with E-state index in [9.17, 15) is 4.79 Å². The highest BCUT2D eigenvalue weighted by molar-refractivity contribution is 8.00. The third-order valence-electron chi connectivity index (χ3n) is 6.79. The second-order valence-corrected chi connectivity index (χ2v) is 11.4. The molecule has 1 aromatic heterocycles. The molecule has 1 aliphatic heterocycles. The number of benzene rings is 3. The Labute approximate surface area is 227 Å².